The van der Waals surface area contributed by atoms with Crippen LogP contribution < -0.4 is 5.32 Å². The highest BCUT2D eigenvalue weighted by Crippen LogP contribution is 2.15. The molecule has 2 rings (SSSR count). The fraction of sp³-hybridized carbons (Fsp3) is 0.500. The lowest BCUT2D eigenvalue weighted by atomic mass is 10.2. The van der Waals surface area contributed by atoms with Crippen LogP contribution in [0.15, 0.2) is 6.20 Å². The van der Waals surface area contributed by atoms with Crippen LogP contribution >= 0.6 is 11.3 Å². The Kier molecular flexibility index (Phi) is 4.19. The van der Waals surface area contributed by atoms with Gasteiger partial charge in [0, 0.05) is 11.8 Å². The van der Waals surface area contributed by atoms with Crippen LogP contribution in [0.4, 0.5) is 5.82 Å². The zero-order valence-electron chi connectivity index (χ0n) is 10.9. The first-order valence-corrected chi connectivity index (χ1v) is 6.92. The second-order valence-corrected chi connectivity index (χ2v) is 5.09. The van der Waals surface area contributed by atoms with Gasteiger partial charge in [-0.05, 0) is 19.8 Å². The van der Waals surface area contributed by atoms with Gasteiger partial charge in [-0.25, -0.2) is 9.97 Å². The molecule has 6 heteroatoms. The Labute approximate surface area is 111 Å². The van der Waals surface area contributed by atoms with Crippen molar-refractivity contribution in [3.63, 3.8) is 0 Å². The highest BCUT2D eigenvalue weighted by molar-refractivity contribution is 7.11. The second kappa shape index (κ2) is 5.86. The van der Waals surface area contributed by atoms with Crippen molar-refractivity contribution in [2.75, 3.05) is 5.32 Å². The predicted molar refractivity (Wildman–Crippen MR) is 72.8 cm³/mol. The number of nitrogens with one attached hydrogen (secondary N) is 1. The van der Waals surface area contributed by atoms with E-state index in [9.17, 15) is 0 Å². The van der Waals surface area contributed by atoms with Gasteiger partial charge in [0.15, 0.2) is 0 Å². The SMILES string of the molecule is CCc1nnc(CNc2nc(C)ncc2CC)s1. The van der Waals surface area contributed by atoms with E-state index in [1.54, 1.807) is 11.3 Å². The summed E-state index contributed by atoms with van der Waals surface area (Å²) in [6, 6.07) is 0. The molecule has 5 nitrogen and oxygen atoms in total. The summed E-state index contributed by atoms with van der Waals surface area (Å²) in [5.74, 6) is 1.68. The van der Waals surface area contributed by atoms with E-state index < -0.39 is 0 Å². The molecule has 2 heterocycles. The molecule has 0 unspecified atom stereocenters. The van der Waals surface area contributed by atoms with Gasteiger partial charge < -0.3 is 5.32 Å². The quantitative estimate of drug-likeness (QED) is 0.897. The fourth-order valence-corrected chi connectivity index (χ4v) is 2.29. The molecule has 0 aliphatic heterocycles. The van der Waals surface area contributed by atoms with E-state index in [4.69, 9.17) is 0 Å². The highest BCUT2D eigenvalue weighted by Gasteiger charge is 2.06. The highest BCUT2D eigenvalue weighted by atomic mass is 32.1. The number of anilines is 1. The van der Waals surface area contributed by atoms with Gasteiger partial charge >= 0.3 is 0 Å². The van der Waals surface area contributed by atoms with Crippen molar-refractivity contribution in [3.8, 4) is 0 Å². The lowest BCUT2D eigenvalue weighted by Gasteiger charge is -2.08. The Morgan fingerprint density at radius 3 is 2.61 bits per heavy atom. The first-order valence-electron chi connectivity index (χ1n) is 6.10. The summed E-state index contributed by atoms with van der Waals surface area (Å²) in [6.07, 6.45) is 3.73. The molecule has 96 valence electrons. The summed E-state index contributed by atoms with van der Waals surface area (Å²) >= 11 is 1.64. The number of aryl methyl sites for hydroxylation is 3. The molecule has 0 aliphatic carbocycles. The molecule has 0 spiro atoms. The van der Waals surface area contributed by atoms with Gasteiger partial charge in [-0.3, -0.25) is 0 Å². The standard InChI is InChI=1S/C12H17N5S/c1-4-9-6-13-8(3)15-12(9)14-7-11-17-16-10(5-2)18-11/h6H,4-5,7H2,1-3H3,(H,13,14,15). The maximum atomic E-state index is 4.42. The Bertz CT molecular complexity index is 523. The third-order valence-corrected chi connectivity index (χ3v) is 3.65. The number of aromatic nitrogens is 4. The molecule has 18 heavy (non-hydrogen) atoms. The van der Waals surface area contributed by atoms with Gasteiger partial charge in [0.25, 0.3) is 0 Å². The van der Waals surface area contributed by atoms with Crippen LogP contribution in [-0.4, -0.2) is 20.2 Å². The fourth-order valence-electron chi connectivity index (χ4n) is 1.57. The largest absolute Gasteiger partial charge is 0.363 e. The lowest BCUT2D eigenvalue weighted by molar-refractivity contribution is 0.924. The van der Waals surface area contributed by atoms with Crippen LogP contribution in [0.5, 0.6) is 0 Å². The third kappa shape index (κ3) is 3.01. The normalized spacial score (nSPS) is 10.6. The molecule has 0 aromatic carbocycles. The number of rotatable bonds is 5. The Morgan fingerprint density at radius 1 is 1.17 bits per heavy atom. The van der Waals surface area contributed by atoms with Crippen LogP contribution in [0, 0.1) is 6.92 Å². The second-order valence-electron chi connectivity index (χ2n) is 3.94. The van der Waals surface area contributed by atoms with Crippen LogP contribution in [0.1, 0.15) is 35.3 Å². The minimum atomic E-state index is 0.668. The van der Waals surface area contributed by atoms with Crippen molar-refractivity contribution in [2.45, 2.75) is 40.2 Å². The van der Waals surface area contributed by atoms with E-state index in [2.05, 4.69) is 39.3 Å². The molecule has 0 aliphatic rings. The van der Waals surface area contributed by atoms with Crippen molar-refractivity contribution >= 4 is 17.2 Å². The number of hydrogen-bond acceptors (Lipinski definition) is 6. The minimum absolute atomic E-state index is 0.668. The predicted octanol–water partition coefficient (Wildman–Crippen LogP) is 2.37. The van der Waals surface area contributed by atoms with Gasteiger partial charge in [-0.15, -0.1) is 10.2 Å². The molecule has 0 saturated carbocycles. The van der Waals surface area contributed by atoms with E-state index in [1.165, 1.54) is 0 Å². The summed E-state index contributed by atoms with van der Waals surface area (Å²) in [5.41, 5.74) is 1.13. The summed E-state index contributed by atoms with van der Waals surface area (Å²) in [4.78, 5) is 8.63. The van der Waals surface area contributed by atoms with Crippen LogP contribution in [0.2, 0.25) is 0 Å². The van der Waals surface area contributed by atoms with Gasteiger partial charge in [0.2, 0.25) is 0 Å². The Hall–Kier alpha value is -1.56. The lowest BCUT2D eigenvalue weighted by Crippen LogP contribution is -2.06. The summed E-state index contributed by atoms with van der Waals surface area (Å²) in [6.45, 7) is 6.74. The average molecular weight is 263 g/mol. The van der Waals surface area contributed by atoms with Crippen molar-refractivity contribution in [1.29, 1.82) is 0 Å². The molecule has 0 amide bonds. The molecular weight excluding hydrogens is 246 g/mol. The third-order valence-electron chi connectivity index (χ3n) is 2.58. The monoisotopic (exact) mass is 263 g/mol. The molecule has 2 aromatic heterocycles. The van der Waals surface area contributed by atoms with Gasteiger partial charge in [-0.1, -0.05) is 25.2 Å². The molecule has 0 radical (unpaired) electrons. The minimum Gasteiger partial charge on any atom is -0.363 e. The molecule has 0 fully saturated rings. The molecule has 2 aromatic rings. The molecular formula is C12H17N5S. The topological polar surface area (TPSA) is 63.6 Å². The van der Waals surface area contributed by atoms with E-state index in [0.29, 0.717) is 6.54 Å². The zero-order chi connectivity index (χ0) is 13.0. The maximum Gasteiger partial charge on any atom is 0.136 e. The van der Waals surface area contributed by atoms with Crippen molar-refractivity contribution < 1.29 is 0 Å². The smallest absolute Gasteiger partial charge is 0.136 e. The van der Waals surface area contributed by atoms with Crippen LogP contribution in [0.25, 0.3) is 0 Å². The van der Waals surface area contributed by atoms with Gasteiger partial charge in [0.05, 0.1) is 6.54 Å². The molecule has 0 atom stereocenters. The number of nitrogens with zero attached hydrogens (tertiary/aromatic N) is 4. The zero-order valence-corrected chi connectivity index (χ0v) is 11.7. The van der Waals surface area contributed by atoms with Crippen molar-refractivity contribution in [1.82, 2.24) is 20.2 Å². The van der Waals surface area contributed by atoms with Crippen LogP contribution in [0.3, 0.4) is 0 Å². The Morgan fingerprint density at radius 2 is 1.94 bits per heavy atom. The first kappa shape index (κ1) is 12.9. The van der Waals surface area contributed by atoms with E-state index in [1.807, 2.05) is 13.1 Å². The summed E-state index contributed by atoms with van der Waals surface area (Å²) in [5, 5.41) is 13.6. The molecule has 1 N–H and O–H groups in total. The van der Waals surface area contributed by atoms with Crippen molar-refractivity contribution in [2.24, 2.45) is 0 Å². The van der Waals surface area contributed by atoms with E-state index >= 15 is 0 Å². The van der Waals surface area contributed by atoms with Crippen LogP contribution in [-0.2, 0) is 19.4 Å². The summed E-state index contributed by atoms with van der Waals surface area (Å²) < 4.78 is 0. The van der Waals surface area contributed by atoms with Gasteiger partial charge in [0.1, 0.15) is 21.7 Å². The molecule has 0 saturated heterocycles. The maximum absolute atomic E-state index is 4.42. The Balaban J connectivity index is 2.07. The average Bonchev–Trinajstić information content (AvgIpc) is 2.84. The molecule has 0 bridgehead atoms. The van der Waals surface area contributed by atoms with E-state index in [-0.39, 0.29) is 0 Å². The number of hydrogen-bond donors (Lipinski definition) is 1. The van der Waals surface area contributed by atoms with Gasteiger partial charge in [-0.2, -0.15) is 0 Å². The summed E-state index contributed by atoms with van der Waals surface area (Å²) in [7, 11) is 0. The van der Waals surface area contributed by atoms with Crippen molar-refractivity contribution in [3.05, 3.63) is 27.6 Å². The van der Waals surface area contributed by atoms with E-state index in [0.717, 1.165) is 40.1 Å². The first-order chi connectivity index (χ1) is 8.72.